The Morgan fingerprint density at radius 1 is 1.00 bits per heavy atom. The van der Waals surface area contributed by atoms with Crippen molar-refractivity contribution in [1.29, 1.82) is 0 Å². The SMILES string of the molecule is O=C(COCc1ccccc1)Nc1c(-c2ccc(F)cc2)nc2ccccn12. The molecule has 6 heteroatoms. The van der Waals surface area contributed by atoms with E-state index in [1.807, 2.05) is 54.7 Å². The van der Waals surface area contributed by atoms with E-state index in [9.17, 15) is 9.18 Å². The van der Waals surface area contributed by atoms with E-state index in [2.05, 4.69) is 10.3 Å². The largest absolute Gasteiger partial charge is 0.367 e. The summed E-state index contributed by atoms with van der Waals surface area (Å²) in [5.41, 5.74) is 2.97. The smallest absolute Gasteiger partial charge is 0.251 e. The van der Waals surface area contributed by atoms with Crippen molar-refractivity contribution in [2.45, 2.75) is 6.61 Å². The number of hydrogen-bond acceptors (Lipinski definition) is 3. The van der Waals surface area contributed by atoms with Gasteiger partial charge in [-0.15, -0.1) is 0 Å². The van der Waals surface area contributed by atoms with Crippen LogP contribution in [-0.4, -0.2) is 21.9 Å². The minimum Gasteiger partial charge on any atom is -0.367 e. The van der Waals surface area contributed by atoms with Crippen molar-refractivity contribution in [2.75, 3.05) is 11.9 Å². The highest BCUT2D eigenvalue weighted by atomic mass is 19.1. The zero-order valence-electron chi connectivity index (χ0n) is 15.0. The minimum absolute atomic E-state index is 0.0855. The van der Waals surface area contributed by atoms with Crippen LogP contribution in [0.1, 0.15) is 5.56 Å². The Kier molecular flexibility index (Phi) is 5.12. The second kappa shape index (κ2) is 8.02. The Balaban J connectivity index is 1.54. The van der Waals surface area contributed by atoms with E-state index in [-0.39, 0.29) is 18.3 Å². The van der Waals surface area contributed by atoms with Gasteiger partial charge in [0.1, 0.15) is 29.6 Å². The summed E-state index contributed by atoms with van der Waals surface area (Å²) in [6.45, 7) is 0.268. The van der Waals surface area contributed by atoms with Crippen molar-refractivity contribution in [1.82, 2.24) is 9.38 Å². The first-order valence-electron chi connectivity index (χ1n) is 8.85. The summed E-state index contributed by atoms with van der Waals surface area (Å²) in [7, 11) is 0. The number of rotatable bonds is 6. The van der Waals surface area contributed by atoms with Gasteiger partial charge in [-0.05, 0) is 42.0 Å². The Morgan fingerprint density at radius 3 is 2.54 bits per heavy atom. The van der Waals surface area contributed by atoms with Crippen LogP contribution in [0.3, 0.4) is 0 Å². The molecular formula is C22H18FN3O2. The van der Waals surface area contributed by atoms with Crippen molar-refractivity contribution in [3.05, 3.63) is 90.4 Å². The minimum atomic E-state index is -0.326. The number of pyridine rings is 1. The van der Waals surface area contributed by atoms with E-state index in [1.54, 1.807) is 16.5 Å². The molecular weight excluding hydrogens is 357 g/mol. The van der Waals surface area contributed by atoms with Crippen molar-refractivity contribution in [3.8, 4) is 11.3 Å². The first-order chi connectivity index (χ1) is 13.7. The van der Waals surface area contributed by atoms with E-state index in [0.29, 0.717) is 29.3 Å². The number of fused-ring (bicyclic) bond motifs is 1. The van der Waals surface area contributed by atoms with E-state index < -0.39 is 0 Å². The van der Waals surface area contributed by atoms with Crippen molar-refractivity contribution < 1.29 is 13.9 Å². The van der Waals surface area contributed by atoms with Crippen molar-refractivity contribution >= 4 is 17.4 Å². The summed E-state index contributed by atoms with van der Waals surface area (Å²) >= 11 is 0. The highest BCUT2D eigenvalue weighted by Gasteiger charge is 2.16. The summed E-state index contributed by atoms with van der Waals surface area (Å²) < 4.78 is 20.6. The summed E-state index contributed by atoms with van der Waals surface area (Å²) in [5.74, 6) is -0.0899. The quantitative estimate of drug-likeness (QED) is 0.547. The standard InChI is InChI=1S/C22H18FN3O2/c23-18-11-9-17(10-12-18)21-22(26-13-5-4-8-19(26)24-21)25-20(27)15-28-14-16-6-2-1-3-7-16/h1-13H,14-15H2,(H,25,27). The third-order valence-corrected chi connectivity index (χ3v) is 4.25. The molecule has 0 saturated carbocycles. The highest BCUT2D eigenvalue weighted by Crippen LogP contribution is 2.28. The van der Waals surface area contributed by atoms with E-state index in [4.69, 9.17) is 4.74 Å². The maximum atomic E-state index is 13.3. The van der Waals surface area contributed by atoms with Crippen LogP contribution in [0.2, 0.25) is 0 Å². The molecule has 0 aliphatic heterocycles. The van der Waals surface area contributed by atoms with Crippen LogP contribution in [0.5, 0.6) is 0 Å². The maximum Gasteiger partial charge on any atom is 0.251 e. The maximum absolute atomic E-state index is 13.3. The topological polar surface area (TPSA) is 55.6 Å². The van der Waals surface area contributed by atoms with Crippen LogP contribution in [-0.2, 0) is 16.1 Å². The van der Waals surface area contributed by atoms with Gasteiger partial charge in [-0.2, -0.15) is 0 Å². The molecule has 0 fully saturated rings. The average molecular weight is 375 g/mol. The summed E-state index contributed by atoms with van der Waals surface area (Å²) in [6.07, 6.45) is 1.82. The van der Waals surface area contributed by atoms with E-state index >= 15 is 0 Å². The summed E-state index contributed by atoms with van der Waals surface area (Å²) in [4.78, 5) is 17.0. The second-order valence-electron chi connectivity index (χ2n) is 6.27. The third-order valence-electron chi connectivity index (χ3n) is 4.25. The molecule has 0 atom stereocenters. The normalized spacial score (nSPS) is 10.9. The van der Waals surface area contributed by atoms with Gasteiger partial charge in [0.05, 0.1) is 6.61 Å². The Bertz CT molecular complexity index is 1090. The Morgan fingerprint density at radius 2 is 1.75 bits per heavy atom. The monoisotopic (exact) mass is 375 g/mol. The highest BCUT2D eigenvalue weighted by molar-refractivity contribution is 5.95. The number of nitrogens with zero attached hydrogens (tertiary/aromatic N) is 2. The van der Waals surface area contributed by atoms with Gasteiger partial charge < -0.3 is 10.1 Å². The van der Waals surface area contributed by atoms with Crippen molar-refractivity contribution in [3.63, 3.8) is 0 Å². The molecule has 140 valence electrons. The van der Waals surface area contributed by atoms with Crippen molar-refractivity contribution in [2.24, 2.45) is 0 Å². The number of imidazole rings is 1. The number of anilines is 1. The van der Waals surface area contributed by atoms with Gasteiger partial charge in [-0.3, -0.25) is 9.20 Å². The third kappa shape index (κ3) is 3.92. The molecule has 28 heavy (non-hydrogen) atoms. The predicted octanol–water partition coefficient (Wildman–Crippen LogP) is 4.30. The molecule has 1 N–H and O–H groups in total. The Labute approximate surface area is 161 Å². The summed E-state index contributed by atoms with van der Waals surface area (Å²) in [6, 6.07) is 21.2. The fraction of sp³-hybridized carbons (Fsp3) is 0.0909. The molecule has 0 aliphatic carbocycles. The molecule has 2 aromatic heterocycles. The molecule has 0 aliphatic rings. The first kappa shape index (κ1) is 17.9. The number of ether oxygens (including phenoxy) is 1. The lowest BCUT2D eigenvalue weighted by Crippen LogP contribution is -2.19. The first-order valence-corrected chi connectivity index (χ1v) is 8.85. The average Bonchev–Trinajstić information content (AvgIpc) is 3.08. The van der Waals surface area contributed by atoms with Crippen LogP contribution >= 0.6 is 0 Å². The molecule has 5 nitrogen and oxygen atoms in total. The lowest BCUT2D eigenvalue weighted by Gasteiger charge is -2.09. The Hall–Kier alpha value is -3.51. The predicted molar refractivity (Wildman–Crippen MR) is 105 cm³/mol. The fourth-order valence-electron chi connectivity index (χ4n) is 2.93. The number of benzene rings is 2. The number of nitrogens with one attached hydrogen (secondary N) is 1. The van der Waals surface area contributed by atoms with Gasteiger partial charge >= 0.3 is 0 Å². The van der Waals surface area contributed by atoms with Crippen LogP contribution in [0.15, 0.2) is 79.0 Å². The number of amides is 1. The zero-order valence-corrected chi connectivity index (χ0v) is 15.0. The van der Waals surface area contributed by atoms with Gasteiger partial charge in [-0.1, -0.05) is 36.4 Å². The van der Waals surface area contributed by atoms with E-state index in [0.717, 1.165) is 5.56 Å². The van der Waals surface area contributed by atoms with Gasteiger partial charge in [0, 0.05) is 11.8 Å². The second-order valence-corrected chi connectivity index (χ2v) is 6.27. The number of halogens is 1. The van der Waals surface area contributed by atoms with Crippen LogP contribution in [0.4, 0.5) is 10.2 Å². The summed E-state index contributed by atoms with van der Waals surface area (Å²) in [5, 5.41) is 2.88. The van der Waals surface area contributed by atoms with Gasteiger partial charge in [-0.25, -0.2) is 9.37 Å². The zero-order chi connectivity index (χ0) is 19.3. The van der Waals surface area contributed by atoms with Crippen LogP contribution in [0.25, 0.3) is 16.9 Å². The molecule has 1 amide bonds. The number of hydrogen-bond donors (Lipinski definition) is 1. The number of carbonyl (C=O) groups is 1. The molecule has 2 heterocycles. The molecule has 0 unspecified atom stereocenters. The van der Waals surface area contributed by atoms with Crippen LogP contribution < -0.4 is 5.32 Å². The number of carbonyl (C=O) groups excluding carboxylic acids is 1. The molecule has 4 aromatic rings. The molecule has 0 saturated heterocycles. The molecule has 0 spiro atoms. The lowest BCUT2D eigenvalue weighted by molar-refractivity contribution is -0.121. The number of aromatic nitrogens is 2. The lowest BCUT2D eigenvalue weighted by atomic mass is 10.1. The molecule has 4 rings (SSSR count). The van der Waals surface area contributed by atoms with Gasteiger partial charge in [0.2, 0.25) is 0 Å². The van der Waals surface area contributed by atoms with Crippen LogP contribution in [0, 0.1) is 5.82 Å². The van der Waals surface area contributed by atoms with Gasteiger partial charge in [0.25, 0.3) is 5.91 Å². The molecule has 0 radical (unpaired) electrons. The van der Waals surface area contributed by atoms with Gasteiger partial charge in [0.15, 0.2) is 0 Å². The van der Waals surface area contributed by atoms with E-state index in [1.165, 1.54) is 12.1 Å². The fourth-order valence-corrected chi connectivity index (χ4v) is 2.93. The molecule has 2 aromatic carbocycles. The molecule has 0 bridgehead atoms.